The van der Waals surface area contributed by atoms with Crippen molar-refractivity contribution in [2.75, 3.05) is 0 Å². The van der Waals surface area contributed by atoms with Crippen molar-refractivity contribution < 1.29 is 50.4 Å². The van der Waals surface area contributed by atoms with E-state index in [1.807, 2.05) is 0 Å². The molecule has 0 unspecified atom stereocenters. The summed E-state index contributed by atoms with van der Waals surface area (Å²) in [6.07, 6.45) is -1.83. The van der Waals surface area contributed by atoms with Gasteiger partial charge in [-0.05, 0) is 0 Å². The van der Waals surface area contributed by atoms with E-state index in [1.54, 1.807) is 0 Å². The molecule has 0 fully saturated rings. The van der Waals surface area contributed by atoms with E-state index in [2.05, 4.69) is 0 Å². The molecule has 0 aromatic carbocycles. The second kappa shape index (κ2) is 10.7. The minimum Gasteiger partial charge on any atom is -1.00 e. The van der Waals surface area contributed by atoms with Gasteiger partial charge in [0, 0.05) is 0 Å². The van der Waals surface area contributed by atoms with Crippen LogP contribution in [0.4, 0.5) is 4.79 Å². The Labute approximate surface area is 64.6 Å². The summed E-state index contributed by atoms with van der Waals surface area (Å²) in [5.74, 6) is 0. The Kier molecular flexibility index (Phi) is 19.0. The molecule has 50 valence electrons. The number of hydrogen-bond donors (Lipinski definition) is 5. The van der Waals surface area contributed by atoms with Crippen molar-refractivity contribution in [2.45, 2.75) is 0 Å². The molecule has 0 radical (unpaired) electrons. The van der Waals surface area contributed by atoms with Crippen LogP contribution in [0.1, 0.15) is 1.43 Å². The second-order valence-electron chi connectivity index (χ2n) is 0.629. The zero-order chi connectivity index (χ0) is 7.15. The van der Waals surface area contributed by atoms with Crippen molar-refractivity contribution in [3.8, 4) is 0 Å². The maximum Gasteiger partial charge on any atom is 1.00 e. The average Bonchev–Trinajstić information content (AvgIpc) is 1.25. The standard InChI is InChI=1S/CH2O3.BH3O3.Li.H/c2*2-1(3)4;;/h(H2,2,3,4);2-4H;;/q;;+1;-1. The van der Waals surface area contributed by atoms with Gasteiger partial charge in [-0.3, -0.25) is 0 Å². The van der Waals surface area contributed by atoms with E-state index in [1.165, 1.54) is 0 Å². The third-order valence-corrected chi connectivity index (χ3v) is 0. The van der Waals surface area contributed by atoms with E-state index in [0.717, 1.165) is 0 Å². The molecular weight excluding hydrogens is 126 g/mol. The number of hydrogen-bond acceptors (Lipinski definition) is 4. The normalized spacial score (nSPS) is 5.67. The summed E-state index contributed by atoms with van der Waals surface area (Å²) in [4.78, 5) is 8.56. The Bertz CT molecular complexity index is 62.0. The molecule has 0 rings (SSSR count). The maximum absolute atomic E-state index is 8.56. The van der Waals surface area contributed by atoms with E-state index >= 15 is 0 Å². The van der Waals surface area contributed by atoms with Crippen LogP contribution in [0.2, 0.25) is 0 Å². The molecule has 9 heavy (non-hydrogen) atoms. The summed E-state index contributed by atoms with van der Waals surface area (Å²) in [6.45, 7) is 0. The van der Waals surface area contributed by atoms with Gasteiger partial charge in [-0.15, -0.1) is 0 Å². The van der Waals surface area contributed by atoms with Crippen LogP contribution in [0.15, 0.2) is 0 Å². The van der Waals surface area contributed by atoms with Crippen LogP contribution < -0.4 is 18.9 Å². The van der Waals surface area contributed by atoms with E-state index in [-0.39, 0.29) is 20.3 Å². The van der Waals surface area contributed by atoms with Gasteiger partial charge in [0.1, 0.15) is 0 Å². The first-order chi connectivity index (χ1) is 3.46. The molecule has 0 spiro atoms. The maximum atomic E-state index is 8.56. The van der Waals surface area contributed by atoms with Crippen LogP contribution in [0, 0.1) is 0 Å². The van der Waals surface area contributed by atoms with Crippen LogP contribution in [0.5, 0.6) is 0 Å². The third kappa shape index (κ3) is 7490. The topological polar surface area (TPSA) is 118 Å². The van der Waals surface area contributed by atoms with E-state index in [9.17, 15) is 0 Å². The Morgan fingerprint density at radius 2 is 1.22 bits per heavy atom. The Morgan fingerprint density at radius 1 is 1.22 bits per heavy atom. The Balaban J connectivity index is -0.0000000300. The fourth-order valence-corrected chi connectivity index (χ4v) is 0. The molecular formula is CH6BLiO6. The van der Waals surface area contributed by atoms with Crippen molar-refractivity contribution in [1.29, 1.82) is 0 Å². The molecule has 0 aromatic rings. The van der Waals surface area contributed by atoms with Gasteiger partial charge in [-0.1, -0.05) is 0 Å². The second-order valence-corrected chi connectivity index (χ2v) is 0.629. The monoisotopic (exact) mass is 132 g/mol. The molecule has 0 atom stereocenters. The van der Waals surface area contributed by atoms with Crippen LogP contribution in [-0.2, 0) is 0 Å². The minimum absolute atomic E-state index is 0. The molecule has 0 aromatic heterocycles. The van der Waals surface area contributed by atoms with E-state index in [0.29, 0.717) is 0 Å². The average molecular weight is 132 g/mol. The molecule has 0 heterocycles. The summed E-state index contributed by atoms with van der Waals surface area (Å²) in [7, 11) is -2.17. The largest absolute Gasteiger partial charge is 1.00 e. The van der Waals surface area contributed by atoms with Crippen LogP contribution >= 0.6 is 0 Å². The number of rotatable bonds is 0. The smallest absolute Gasteiger partial charge is 1.00 e. The van der Waals surface area contributed by atoms with Gasteiger partial charge in [-0.25, -0.2) is 4.79 Å². The fraction of sp³-hybridized carbons (Fsp3) is 0. The zero-order valence-corrected chi connectivity index (χ0v) is 4.72. The van der Waals surface area contributed by atoms with Gasteiger partial charge in [0.15, 0.2) is 0 Å². The van der Waals surface area contributed by atoms with Gasteiger partial charge >= 0.3 is 32.3 Å². The quantitative estimate of drug-likeness (QED) is 0.211. The molecule has 0 bridgehead atoms. The summed E-state index contributed by atoms with van der Waals surface area (Å²) in [5.41, 5.74) is 0. The van der Waals surface area contributed by atoms with Gasteiger partial charge in [-0.2, -0.15) is 0 Å². The molecule has 5 N–H and O–H groups in total. The van der Waals surface area contributed by atoms with Crippen molar-refractivity contribution in [3.05, 3.63) is 0 Å². The Hall–Kier alpha value is -0.188. The predicted octanol–water partition coefficient (Wildman–Crippen LogP) is -4.71. The zero-order valence-electron chi connectivity index (χ0n) is 5.72. The minimum atomic E-state index is -2.17. The first-order valence-corrected chi connectivity index (χ1v) is 1.43. The van der Waals surface area contributed by atoms with E-state index < -0.39 is 13.5 Å². The van der Waals surface area contributed by atoms with Gasteiger partial charge in [0.25, 0.3) is 0 Å². The molecule has 0 amide bonds. The number of carboxylic acid groups (broad SMARTS) is 2. The molecule has 0 aliphatic rings. The third-order valence-electron chi connectivity index (χ3n) is 0. The number of carbonyl (C=O) groups is 1. The van der Waals surface area contributed by atoms with Crippen molar-refractivity contribution in [3.63, 3.8) is 0 Å². The molecule has 0 aliphatic heterocycles. The van der Waals surface area contributed by atoms with Gasteiger partial charge in [0.05, 0.1) is 0 Å². The van der Waals surface area contributed by atoms with Crippen molar-refractivity contribution >= 4 is 13.5 Å². The van der Waals surface area contributed by atoms with Crippen LogP contribution in [-0.4, -0.2) is 38.8 Å². The van der Waals surface area contributed by atoms with Crippen LogP contribution in [0.3, 0.4) is 0 Å². The molecule has 0 saturated carbocycles. The molecule has 6 nitrogen and oxygen atoms in total. The van der Waals surface area contributed by atoms with Crippen molar-refractivity contribution in [2.24, 2.45) is 0 Å². The van der Waals surface area contributed by atoms with Crippen molar-refractivity contribution in [1.82, 2.24) is 0 Å². The first kappa shape index (κ1) is 15.9. The Morgan fingerprint density at radius 3 is 1.22 bits per heavy atom. The summed E-state index contributed by atoms with van der Waals surface area (Å²) < 4.78 is 0. The summed E-state index contributed by atoms with van der Waals surface area (Å²) in [6, 6.07) is 0. The molecule has 0 saturated heterocycles. The summed E-state index contributed by atoms with van der Waals surface area (Å²) in [5, 5.41) is 35.4. The molecule has 0 aliphatic carbocycles. The summed E-state index contributed by atoms with van der Waals surface area (Å²) >= 11 is 0. The van der Waals surface area contributed by atoms with Crippen LogP contribution in [0.25, 0.3) is 0 Å². The van der Waals surface area contributed by atoms with Gasteiger partial charge < -0.3 is 26.7 Å². The van der Waals surface area contributed by atoms with Gasteiger partial charge in [0.2, 0.25) is 0 Å². The molecule has 8 heteroatoms. The van der Waals surface area contributed by atoms with E-state index in [4.69, 9.17) is 30.1 Å². The SMILES string of the molecule is O=C(O)O.OB(O)O.[H-].[Li+]. The fourth-order valence-electron chi connectivity index (χ4n) is 0. The first-order valence-electron chi connectivity index (χ1n) is 1.43. The predicted molar refractivity (Wildman–Crippen MR) is 24.2 cm³/mol.